The molecule has 1 fully saturated rings. The quantitative estimate of drug-likeness (QED) is 0.188. The van der Waals surface area contributed by atoms with Crippen LogP contribution >= 0.6 is 0 Å². The molecule has 234 valence electrons. The van der Waals surface area contributed by atoms with Crippen molar-refractivity contribution in [2.24, 2.45) is 0 Å². The molecule has 0 amide bonds. The first-order chi connectivity index (χ1) is 22.1. The van der Waals surface area contributed by atoms with E-state index < -0.39 is 21.3 Å². The zero-order valence-corrected chi connectivity index (χ0v) is 31.2. The van der Waals surface area contributed by atoms with Crippen molar-refractivity contribution >= 4 is 3.21 Å². The van der Waals surface area contributed by atoms with Crippen molar-refractivity contribution in [3.8, 4) is 33.4 Å². The first-order valence-electron chi connectivity index (χ1n) is 17.7. The Hall–Kier alpha value is -2.89. The molecule has 7 rings (SSSR count). The summed E-state index contributed by atoms with van der Waals surface area (Å²) in [5, 5.41) is 0. The van der Waals surface area contributed by atoms with E-state index in [0.717, 1.165) is 0 Å². The number of benzene rings is 4. The average Bonchev–Trinajstić information content (AvgIpc) is 3.58. The first-order valence-corrected chi connectivity index (χ1v) is 21.7. The first kappa shape index (κ1) is 31.7. The minimum atomic E-state index is -2.35. The zero-order chi connectivity index (χ0) is 32.1. The van der Waals surface area contributed by atoms with Crippen molar-refractivity contribution in [3.63, 3.8) is 0 Å². The number of hydrogen-bond donors (Lipinski definition) is 0. The molecule has 3 aliphatic carbocycles. The van der Waals surface area contributed by atoms with Gasteiger partial charge in [-0.1, -0.05) is 0 Å². The van der Waals surface area contributed by atoms with E-state index in [-0.39, 0.29) is 10.8 Å². The van der Waals surface area contributed by atoms with E-state index in [2.05, 4.69) is 151 Å². The van der Waals surface area contributed by atoms with E-state index in [9.17, 15) is 0 Å². The van der Waals surface area contributed by atoms with Crippen molar-refractivity contribution in [2.75, 3.05) is 0 Å². The molecule has 46 heavy (non-hydrogen) atoms. The van der Waals surface area contributed by atoms with E-state index in [1.807, 2.05) is 3.21 Å². The third-order valence-electron chi connectivity index (χ3n) is 10.6. The van der Waals surface area contributed by atoms with Crippen LogP contribution in [0.25, 0.3) is 33.4 Å². The third kappa shape index (κ3) is 5.99. The fourth-order valence-corrected chi connectivity index (χ4v) is 18.1. The summed E-state index contributed by atoms with van der Waals surface area (Å²) in [6.07, 6.45) is 18.1. The van der Waals surface area contributed by atoms with Gasteiger partial charge in [-0.15, -0.1) is 0 Å². The fraction of sp³-hybridized carbons (Fsp3) is 0.356. The number of fused-ring (bicyclic) bond motifs is 3. The van der Waals surface area contributed by atoms with Crippen LogP contribution in [0, 0.1) is 0 Å². The molecule has 0 spiro atoms. The van der Waals surface area contributed by atoms with Crippen molar-refractivity contribution in [3.05, 3.63) is 131 Å². The van der Waals surface area contributed by atoms with Gasteiger partial charge in [-0.2, -0.15) is 0 Å². The van der Waals surface area contributed by atoms with Crippen LogP contribution in [0.5, 0.6) is 0 Å². The maximum absolute atomic E-state index is 2.68. The van der Waals surface area contributed by atoms with Gasteiger partial charge in [-0.3, -0.25) is 0 Å². The van der Waals surface area contributed by atoms with Crippen molar-refractivity contribution in [1.29, 1.82) is 0 Å². The van der Waals surface area contributed by atoms with Crippen molar-refractivity contribution in [2.45, 2.75) is 98.1 Å². The Labute approximate surface area is 285 Å². The van der Waals surface area contributed by atoms with Crippen molar-refractivity contribution < 1.29 is 21.3 Å². The molecule has 0 aromatic heterocycles. The molecule has 0 bridgehead atoms. The van der Waals surface area contributed by atoms with Crippen LogP contribution in [0.1, 0.15) is 106 Å². The Bertz CT molecular complexity index is 1710. The summed E-state index contributed by atoms with van der Waals surface area (Å²) in [6.45, 7) is 14.4. The van der Waals surface area contributed by atoms with Gasteiger partial charge in [-0.25, -0.2) is 0 Å². The Balaban J connectivity index is 1.58. The molecule has 0 atom stereocenters. The standard InChI is InChI=1S/C33H33.C7H12.C5H5.Zr/c1-32(2,3)30-20-26-24(18-28(30)22-13-9-7-10-14-22)17-25-19-29(23-15-11-8-12-16-23)31(21-27(25)26)33(4,5)6;1-2-4-6-7-5-3-1;1-2-4-5-3-1;/h7-21H,1-6H3;1-6H2;1-5H;. The molecule has 0 unspecified atom stereocenters. The SMILES string of the molecule is CC(C)(C)c1cc2c(cc1-c1ccccc1)[CH]([Zr](=[C]1CCCCCC1)[CH]1C=CC=C1)c1cc(-c3ccccc3)c(C(C)(C)C)cc1-2. The van der Waals surface area contributed by atoms with Crippen LogP contribution in [-0.4, -0.2) is 3.21 Å². The van der Waals surface area contributed by atoms with E-state index >= 15 is 0 Å². The van der Waals surface area contributed by atoms with Gasteiger partial charge < -0.3 is 0 Å². The topological polar surface area (TPSA) is 0 Å². The number of hydrogen-bond acceptors (Lipinski definition) is 0. The predicted octanol–water partition coefficient (Wildman–Crippen LogP) is 12.7. The second-order valence-electron chi connectivity index (χ2n) is 15.9. The van der Waals surface area contributed by atoms with Gasteiger partial charge in [0.15, 0.2) is 0 Å². The molecule has 3 aliphatic rings. The summed E-state index contributed by atoms with van der Waals surface area (Å²) < 4.78 is 3.14. The van der Waals surface area contributed by atoms with E-state index in [0.29, 0.717) is 7.25 Å². The van der Waals surface area contributed by atoms with E-state index in [4.69, 9.17) is 0 Å². The summed E-state index contributed by atoms with van der Waals surface area (Å²) in [4.78, 5) is 0. The van der Waals surface area contributed by atoms with Crippen LogP contribution in [-0.2, 0) is 32.1 Å². The molecule has 0 N–H and O–H groups in total. The molecule has 4 aromatic rings. The Kier molecular flexibility index (Phi) is 8.69. The molecule has 0 saturated heterocycles. The van der Waals surface area contributed by atoms with Crippen LogP contribution in [0.15, 0.2) is 109 Å². The average molecular weight is 682 g/mol. The normalized spacial score (nSPS) is 16.9. The molecule has 0 heterocycles. The zero-order valence-electron chi connectivity index (χ0n) is 28.8. The molecule has 0 aliphatic heterocycles. The van der Waals surface area contributed by atoms with Crippen LogP contribution < -0.4 is 0 Å². The second-order valence-corrected chi connectivity index (χ2v) is 22.9. The minimum absolute atomic E-state index is 0.0316. The Morgan fingerprint density at radius 1 is 0.522 bits per heavy atom. The van der Waals surface area contributed by atoms with Gasteiger partial charge in [0.2, 0.25) is 0 Å². The number of rotatable bonds is 4. The van der Waals surface area contributed by atoms with Crippen LogP contribution in [0.3, 0.4) is 0 Å². The molecular weight excluding hydrogens is 632 g/mol. The monoisotopic (exact) mass is 680 g/mol. The van der Waals surface area contributed by atoms with Gasteiger partial charge in [0.25, 0.3) is 0 Å². The summed E-state index contributed by atoms with van der Waals surface area (Å²) in [6, 6.07) is 33.0. The molecule has 1 saturated carbocycles. The van der Waals surface area contributed by atoms with Crippen molar-refractivity contribution in [1.82, 2.24) is 0 Å². The van der Waals surface area contributed by atoms with Gasteiger partial charge in [-0.05, 0) is 0 Å². The van der Waals surface area contributed by atoms with E-state index in [1.165, 1.54) is 83.0 Å². The van der Waals surface area contributed by atoms with Crippen LogP contribution in [0.4, 0.5) is 0 Å². The second kappa shape index (κ2) is 12.6. The van der Waals surface area contributed by atoms with Gasteiger partial charge >= 0.3 is 287 Å². The van der Waals surface area contributed by atoms with E-state index in [1.54, 1.807) is 11.1 Å². The molecule has 0 radical (unpaired) electrons. The Morgan fingerprint density at radius 3 is 1.37 bits per heavy atom. The summed E-state index contributed by atoms with van der Waals surface area (Å²) in [5.41, 5.74) is 14.8. The molecule has 1 heteroatoms. The van der Waals surface area contributed by atoms with Gasteiger partial charge in [0, 0.05) is 0 Å². The number of allylic oxidation sites excluding steroid dienone is 4. The summed E-state index contributed by atoms with van der Waals surface area (Å²) in [5.74, 6) is 0. The maximum atomic E-state index is 2.68. The summed E-state index contributed by atoms with van der Waals surface area (Å²) in [7, 11) is 0. The van der Waals surface area contributed by atoms with Gasteiger partial charge in [0.05, 0.1) is 0 Å². The summed E-state index contributed by atoms with van der Waals surface area (Å²) >= 11 is -2.35. The molecule has 4 aromatic carbocycles. The predicted molar refractivity (Wildman–Crippen MR) is 197 cm³/mol. The molecular formula is C45H50Zr. The van der Waals surface area contributed by atoms with Crippen LogP contribution in [0.2, 0.25) is 3.63 Å². The van der Waals surface area contributed by atoms with Gasteiger partial charge in [0.1, 0.15) is 0 Å². The Morgan fingerprint density at radius 2 is 0.957 bits per heavy atom. The third-order valence-corrected chi connectivity index (χ3v) is 19.6. The molecule has 0 nitrogen and oxygen atoms in total. The fourth-order valence-electron chi connectivity index (χ4n) is 8.35.